The van der Waals surface area contributed by atoms with Crippen molar-refractivity contribution in [3.63, 3.8) is 0 Å². The van der Waals surface area contributed by atoms with Gasteiger partial charge in [0.15, 0.2) is 0 Å². The Morgan fingerprint density at radius 1 is 1.71 bits per heavy atom. The molecule has 3 heteroatoms. The highest BCUT2D eigenvalue weighted by Gasteiger charge is 2.21. The highest BCUT2D eigenvalue weighted by molar-refractivity contribution is 7.91. The minimum atomic E-state index is -0.578. The molecule has 2 N–H and O–H groups in total. The average Bonchev–Trinajstić information content (AvgIpc) is 1.87. The third-order valence-corrected chi connectivity index (χ3v) is 2.61. The molecule has 1 aliphatic rings. The molecule has 0 unspecified atom stereocenters. The van der Waals surface area contributed by atoms with Crippen LogP contribution in [-0.4, -0.2) is 22.1 Å². The Balaban J connectivity index is 2.26. The predicted octanol–water partition coefficient (Wildman–Crippen LogP) is -0.534. The van der Waals surface area contributed by atoms with Gasteiger partial charge in [-0.15, -0.1) is 0 Å². The summed E-state index contributed by atoms with van der Waals surface area (Å²) in [4.78, 5) is 0. The van der Waals surface area contributed by atoms with Gasteiger partial charge in [0.25, 0.3) is 0 Å². The summed E-state index contributed by atoms with van der Waals surface area (Å²) in [6, 6.07) is 0.223. The van der Waals surface area contributed by atoms with Crippen molar-refractivity contribution in [3.05, 3.63) is 0 Å². The predicted molar refractivity (Wildman–Crippen MR) is 30.5 cm³/mol. The smallest absolute Gasteiger partial charge is 0.120 e. The van der Waals surface area contributed by atoms with Gasteiger partial charge in [-0.05, 0) is 0 Å². The van der Waals surface area contributed by atoms with Gasteiger partial charge in [-0.25, -0.2) is 0 Å². The third-order valence-electron chi connectivity index (χ3n) is 1.12. The van der Waals surface area contributed by atoms with Crippen molar-refractivity contribution in [2.75, 3.05) is 11.5 Å². The first kappa shape index (κ1) is 5.41. The van der Waals surface area contributed by atoms with Crippen molar-refractivity contribution < 1.29 is 4.55 Å². The molecule has 0 aromatic heterocycles. The van der Waals surface area contributed by atoms with E-state index in [4.69, 9.17) is 5.73 Å². The van der Waals surface area contributed by atoms with E-state index in [9.17, 15) is 4.55 Å². The zero-order chi connectivity index (χ0) is 5.28. The summed E-state index contributed by atoms with van der Waals surface area (Å²) in [6.07, 6.45) is 0.951. The van der Waals surface area contributed by atoms with Gasteiger partial charge in [-0.2, -0.15) is 0 Å². The van der Waals surface area contributed by atoms with Crippen molar-refractivity contribution >= 4 is 11.2 Å². The van der Waals surface area contributed by atoms with E-state index in [1.165, 1.54) is 0 Å². The van der Waals surface area contributed by atoms with Crippen molar-refractivity contribution in [1.29, 1.82) is 0 Å². The molecule has 1 aliphatic heterocycles. The molecule has 0 spiro atoms. The van der Waals surface area contributed by atoms with E-state index >= 15 is 0 Å². The molecule has 2 atom stereocenters. The lowest BCUT2D eigenvalue weighted by Crippen LogP contribution is -2.20. The largest absolute Gasteiger partial charge is 0.616 e. The molecule has 2 nitrogen and oxygen atoms in total. The monoisotopic (exact) mass is 119 g/mol. The molecule has 1 fully saturated rings. The molecule has 0 radical (unpaired) electrons. The fraction of sp³-hybridized carbons (Fsp3) is 1.00. The maximum atomic E-state index is 10.5. The van der Waals surface area contributed by atoms with Gasteiger partial charge in [0.2, 0.25) is 0 Å². The summed E-state index contributed by atoms with van der Waals surface area (Å²) in [5.41, 5.74) is 5.43. The summed E-state index contributed by atoms with van der Waals surface area (Å²) in [5, 5.41) is 0. The maximum Gasteiger partial charge on any atom is 0.120 e. The molecule has 0 aliphatic carbocycles. The van der Waals surface area contributed by atoms with Crippen LogP contribution in [0, 0.1) is 0 Å². The average molecular weight is 119 g/mol. The second-order valence-corrected chi connectivity index (χ2v) is 3.48. The van der Waals surface area contributed by atoms with Gasteiger partial charge in [0, 0.05) is 6.42 Å². The zero-order valence-corrected chi connectivity index (χ0v) is 4.91. The molecule has 7 heavy (non-hydrogen) atoms. The van der Waals surface area contributed by atoms with E-state index in [0.29, 0.717) is 0 Å². The van der Waals surface area contributed by atoms with Crippen LogP contribution in [0.25, 0.3) is 0 Å². The Kier molecular flexibility index (Phi) is 1.57. The molecule has 1 rings (SSSR count). The standard InChI is InChI=1S/C4H9NOS/c5-4-1-2-7(6)3-4/h4H,1-3,5H2/t4-,7+/m1/s1. The van der Waals surface area contributed by atoms with Crippen molar-refractivity contribution in [1.82, 2.24) is 0 Å². The molecule has 0 amide bonds. The summed E-state index contributed by atoms with van der Waals surface area (Å²) in [6.45, 7) is 0. The summed E-state index contributed by atoms with van der Waals surface area (Å²) < 4.78 is 10.5. The first-order valence-electron chi connectivity index (χ1n) is 2.39. The van der Waals surface area contributed by atoms with Crippen LogP contribution in [0.5, 0.6) is 0 Å². The van der Waals surface area contributed by atoms with Gasteiger partial charge in [0.1, 0.15) is 11.5 Å². The molecule has 42 valence electrons. The Morgan fingerprint density at radius 2 is 2.43 bits per heavy atom. The lowest BCUT2D eigenvalue weighted by molar-refractivity contribution is 0.600. The second-order valence-electron chi connectivity index (χ2n) is 1.86. The SMILES string of the molecule is N[C@@H]1CC[S@+]([O-])C1. The highest BCUT2D eigenvalue weighted by Crippen LogP contribution is 2.07. The van der Waals surface area contributed by atoms with Gasteiger partial charge in [-0.1, -0.05) is 11.2 Å². The second kappa shape index (κ2) is 2.03. The minimum absolute atomic E-state index is 0.223. The first-order chi connectivity index (χ1) is 3.29. The number of nitrogens with two attached hydrogens (primary N) is 1. The molecule has 1 saturated heterocycles. The molecule has 0 aromatic carbocycles. The Labute approximate surface area is 46.3 Å². The molecule has 0 bridgehead atoms. The van der Waals surface area contributed by atoms with Crippen LogP contribution in [0.15, 0.2) is 0 Å². The first-order valence-corrected chi connectivity index (χ1v) is 3.88. The van der Waals surface area contributed by atoms with Gasteiger partial charge in [-0.3, -0.25) is 0 Å². The van der Waals surface area contributed by atoms with Crippen LogP contribution in [0.1, 0.15) is 6.42 Å². The van der Waals surface area contributed by atoms with E-state index in [1.807, 2.05) is 0 Å². The number of hydrogen-bond donors (Lipinski definition) is 1. The Morgan fingerprint density at radius 3 is 2.57 bits per heavy atom. The topological polar surface area (TPSA) is 49.1 Å². The van der Waals surface area contributed by atoms with Crippen molar-refractivity contribution in [2.45, 2.75) is 12.5 Å². The van der Waals surface area contributed by atoms with Gasteiger partial charge in [0.05, 0.1) is 6.04 Å². The normalized spacial score (nSPS) is 42.0. The van der Waals surface area contributed by atoms with E-state index in [1.54, 1.807) is 0 Å². The van der Waals surface area contributed by atoms with Gasteiger partial charge < -0.3 is 10.3 Å². The summed E-state index contributed by atoms with van der Waals surface area (Å²) in [5.74, 6) is 1.54. The molecule has 1 heterocycles. The molecule has 0 saturated carbocycles. The fourth-order valence-electron chi connectivity index (χ4n) is 0.688. The fourth-order valence-corrected chi connectivity index (χ4v) is 2.06. The van der Waals surface area contributed by atoms with Gasteiger partial charge >= 0.3 is 0 Å². The van der Waals surface area contributed by atoms with Crippen LogP contribution in [-0.2, 0) is 11.2 Å². The van der Waals surface area contributed by atoms with E-state index in [0.717, 1.165) is 17.9 Å². The van der Waals surface area contributed by atoms with Crippen LogP contribution in [0.4, 0.5) is 0 Å². The summed E-state index contributed by atoms with van der Waals surface area (Å²) >= 11 is -0.578. The van der Waals surface area contributed by atoms with Crippen LogP contribution < -0.4 is 5.73 Å². The number of hydrogen-bond acceptors (Lipinski definition) is 2. The van der Waals surface area contributed by atoms with E-state index in [2.05, 4.69) is 0 Å². The maximum absolute atomic E-state index is 10.5. The molecular formula is C4H9NOS. The van der Waals surface area contributed by atoms with Crippen LogP contribution in [0.2, 0.25) is 0 Å². The molecular weight excluding hydrogens is 110 g/mol. The zero-order valence-electron chi connectivity index (χ0n) is 4.09. The Bertz CT molecular complexity index is 60.7. The van der Waals surface area contributed by atoms with Crippen molar-refractivity contribution in [2.24, 2.45) is 5.73 Å². The summed E-state index contributed by atoms with van der Waals surface area (Å²) in [7, 11) is 0. The van der Waals surface area contributed by atoms with Crippen LogP contribution >= 0.6 is 0 Å². The Hall–Kier alpha value is 0.270. The molecule has 0 aromatic rings. The lowest BCUT2D eigenvalue weighted by Gasteiger charge is -1.98. The minimum Gasteiger partial charge on any atom is -0.616 e. The lowest BCUT2D eigenvalue weighted by atomic mass is 10.3. The van der Waals surface area contributed by atoms with Crippen molar-refractivity contribution in [3.8, 4) is 0 Å². The number of rotatable bonds is 0. The quantitative estimate of drug-likeness (QED) is 0.436. The highest BCUT2D eigenvalue weighted by atomic mass is 32.2. The van der Waals surface area contributed by atoms with E-state index < -0.39 is 11.2 Å². The van der Waals surface area contributed by atoms with Crippen LogP contribution in [0.3, 0.4) is 0 Å². The third kappa shape index (κ3) is 1.33. The van der Waals surface area contributed by atoms with E-state index in [-0.39, 0.29) is 6.04 Å².